The number of hydrogen-bond acceptors (Lipinski definition) is 6. The van der Waals surface area contributed by atoms with Gasteiger partial charge in [0.15, 0.2) is 0 Å². The molecule has 0 aromatic carbocycles. The van der Waals surface area contributed by atoms with E-state index in [0.717, 1.165) is 41.0 Å². The smallest absolute Gasteiger partial charge is 0.263 e. The molecule has 4 heterocycles. The normalized spacial score (nSPS) is 14.4. The molecule has 4 rings (SSSR count). The van der Waals surface area contributed by atoms with Crippen LogP contribution in [-0.4, -0.2) is 34.4 Å². The summed E-state index contributed by atoms with van der Waals surface area (Å²) in [6.07, 6.45) is 4.38. The summed E-state index contributed by atoms with van der Waals surface area (Å²) in [4.78, 5) is 25.0. The molecule has 3 aromatic heterocycles. The van der Waals surface area contributed by atoms with Crippen molar-refractivity contribution in [3.8, 4) is 0 Å². The summed E-state index contributed by atoms with van der Waals surface area (Å²) in [5.74, 6) is -0.167. The predicted octanol–water partition coefficient (Wildman–Crippen LogP) is 2.19. The second-order valence-electron chi connectivity index (χ2n) is 6.32. The molecule has 0 fully saturated rings. The number of carbonyl (C=O) groups excluding carboxylic acids is 1. The minimum absolute atomic E-state index is 0.167. The molecular formula is C18H19N5OS. The van der Waals surface area contributed by atoms with E-state index < -0.39 is 0 Å². The van der Waals surface area contributed by atoms with Gasteiger partial charge in [-0.15, -0.1) is 11.3 Å². The number of amides is 1. The number of fused-ring (bicyclic) bond motifs is 2. The molecule has 6 nitrogen and oxygen atoms in total. The highest BCUT2D eigenvalue weighted by atomic mass is 32.1. The maximum atomic E-state index is 12.5. The first-order valence-electron chi connectivity index (χ1n) is 8.18. The van der Waals surface area contributed by atoms with E-state index in [1.54, 1.807) is 12.4 Å². The standard InChI is InChI=1S/C18H19N5OS/c1-23-6-4-14-12(10-23)7-13-15(19)16(25-18(13)22-14)17(24)21-9-11-3-2-5-20-8-11/h2-3,5,7-8H,4,6,9-10,19H2,1H3,(H,21,24). The van der Waals surface area contributed by atoms with E-state index in [1.807, 2.05) is 12.1 Å². The van der Waals surface area contributed by atoms with Crippen molar-refractivity contribution in [1.82, 2.24) is 20.2 Å². The molecule has 0 aliphatic carbocycles. The van der Waals surface area contributed by atoms with Gasteiger partial charge in [-0.3, -0.25) is 9.78 Å². The van der Waals surface area contributed by atoms with Crippen LogP contribution in [0, 0.1) is 0 Å². The Morgan fingerprint density at radius 1 is 1.48 bits per heavy atom. The van der Waals surface area contributed by atoms with Gasteiger partial charge in [0.25, 0.3) is 5.91 Å². The molecule has 3 N–H and O–H groups in total. The first-order valence-corrected chi connectivity index (χ1v) is 9.00. The second kappa shape index (κ2) is 6.42. The van der Waals surface area contributed by atoms with Crippen molar-refractivity contribution in [2.75, 3.05) is 19.3 Å². The highest BCUT2D eigenvalue weighted by molar-refractivity contribution is 7.21. The number of aromatic nitrogens is 2. The van der Waals surface area contributed by atoms with Gasteiger partial charge in [-0.25, -0.2) is 4.98 Å². The average molecular weight is 353 g/mol. The second-order valence-corrected chi connectivity index (χ2v) is 7.32. The van der Waals surface area contributed by atoms with Crippen LogP contribution in [0.4, 0.5) is 5.69 Å². The Labute approximate surface area is 149 Å². The first-order chi connectivity index (χ1) is 12.1. The maximum Gasteiger partial charge on any atom is 0.263 e. The van der Waals surface area contributed by atoms with Crippen molar-refractivity contribution in [3.05, 3.63) is 52.3 Å². The minimum Gasteiger partial charge on any atom is -0.397 e. The van der Waals surface area contributed by atoms with E-state index in [2.05, 4.69) is 28.3 Å². The molecule has 1 aliphatic rings. The van der Waals surface area contributed by atoms with Crippen LogP contribution in [0.25, 0.3) is 10.2 Å². The lowest BCUT2D eigenvalue weighted by molar-refractivity contribution is 0.0956. The molecule has 7 heteroatoms. The first kappa shape index (κ1) is 16.0. The van der Waals surface area contributed by atoms with E-state index in [-0.39, 0.29) is 5.91 Å². The van der Waals surface area contributed by atoms with E-state index >= 15 is 0 Å². The molecule has 25 heavy (non-hydrogen) atoms. The van der Waals surface area contributed by atoms with Crippen LogP contribution in [0.2, 0.25) is 0 Å². The Bertz CT molecular complexity index is 938. The highest BCUT2D eigenvalue weighted by Gasteiger charge is 2.21. The fraction of sp³-hybridized carbons (Fsp3) is 0.278. The molecule has 0 unspecified atom stereocenters. The Balaban J connectivity index is 1.61. The number of thiophene rings is 1. The summed E-state index contributed by atoms with van der Waals surface area (Å²) in [6, 6.07) is 5.87. The zero-order valence-electron chi connectivity index (χ0n) is 14.0. The average Bonchev–Trinajstić information content (AvgIpc) is 2.95. The summed E-state index contributed by atoms with van der Waals surface area (Å²) in [6.45, 7) is 2.30. The van der Waals surface area contributed by atoms with Gasteiger partial charge in [-0.1, -0.05) is 6.07 Å². The number of likely N-dealkylation sites (N-methyl/N-ethyl adjacent to an activating group) is 1. The van der Waals surface area contributed by atoms with E-state index in [9.17, 15) is 4.79 Å². The summed E-state index contributed by atoms with van der Waals surface area (Å²) in [7, 11) is 2.10. The summed E-state index contributed by atoms with van der Waals surface area (Å²) >= 11 is 1.36. The number of pyridine rings is 2. The van der Waals surface area contributed by atoms with Crippen molar-refractivity contribution in [2.45, 2.75) is 19.5 Å². The van der Waals surface area contributed by atoms with E-state index in [1.165, 1.54) is 16.9 Å². The number of nitrogens with two attached hydrogens (primary N) is 1. The number of rotatable bonds is 3. The van der Waals surface area contributed by atoms with Gasteiger partial charge in [0.1, 0.15) is 9.71 Å². The lowest BCUT2D eigenvalue weighted by Gasteiger charge is -2.24. The quantitative estimate of drug-likeness (QED) is 0.754. The van der Waals surface area contributed by atoms with Crippen molar-refractivity contribution in [2.24, 2.45) is 0 Å². The lowest BCUT2D eigenvalue weighted by Crippen LogP contribution is -2.27. The van der Waals surface area contributed by atoms with Crippen LogP contribution in [0.1, 0.15) is 26.5 Å². The fourth-order valence-corrected chi connectivity index (χ4v) is 4.09. The lowest BCUT2D eigenvalue weighted by atomic mass is 10.0. The molecule has 1 amide bonds. The van der Waals surface area contributed by atoms with Crippen molar-refractivity contribution >= 4 is 33.1 Å². The summed E-state index contributed by atoms with van der Waals surface area (Å²) in [5.41, 5.74) is 10.1. The molecular weight excluding hydrogens is 334 g/mol. The van der Waals surface area contributed by atoms with Gasteiger partial charge in [-0.05, 0) is 30.3 Å². The van der Waals surface area contributed by atoms with Crippen LogP contribution in [0.3, 0.4) is 0 Å². The van der Waals surface area contributed by atoms with Crippen LogP contribution in [-0.2, 0) is 19.5 Å². The van der Waals surface area contributed by atoms with Crippen LogP contribution in [0.5, 0.6) is 0 Å². The largest absolute Gasteiger partial charge is 0.397 e. The Morgan fingerprint density at radius 2 is 2.36 bits per heavy atom. The van der Waals surface area contributed by atoms with Gasteiger partial charge < -0.3 is 16.0 Å². The third kappa shape index (κ3) is 3.08. The van der Waals surface area contributed by atoms with Crippen LogP contribution >= 0.6 is 11.3 Å². The molecule has 0 spiro atoms. The number of nitrogen functional groups attached to an aromatic ring is 1. The minimum atomic E-state index is -0.167. The van der Waals surface area contributed by atoms with Crippen molar-refractivity contribution < 1.29 is 4.79 Å². The Morgan fingerprint density at radius 3 is 3.16 bits per heavy atom. The van der Waals surface area contributed by atoms with Gasteiger partial charge in [0.2, 0.25) is 0 Å². The summed E-state index contributed by atoms with van der Waals surface area (Å²) < 4.78 is 0. The summed E-state index contributed by atoms with van der Waals surface area (Å²) in [5, 5.41) is 3.79. The SMILES string of the molecule is CN1CCc2nc3sc(C(=O)NCc4cccnc4)c(N)c3cc2C1. The molecule has 0 saturated heterocycles. The Kier molecular flexibility index (Phi) is 4.10. The monoisotopic (exact) mass is 353 g/mol. The molecule has 0 atom stereocenters. The highest BCUT2D eigenvalue weighted by Crippen LogP contribution is 2.34. The van der Waals surface area contributed by atoms with Crippen LogP contribution < -0.4 is 11.1 Å². The van der Waals surface area contributed by atoms with Crippen LogP contribution in [0.15, 0.2) is 30.6 Å². The topological polar surface area (TPSA) is 84.1 Å². The Hall–Kier alpha value is -2.51. The van der Waals surface area contributed by atoms with Crippen molar-refractivity contribution in [3.63, 3.8) is 0 Å². The molecule has 3 aromatic rings. The third-order valence-corrected chi connectivity index (χ3v) is 5.56. The van der Waals surface area contributed by atoms with Crippen molar-refractivity contribution in [1.29, 1.82) is 0 Å². The van der Waals surface area contributed by atoms with Gasteiger partial charge >= 0.3 is 0 Å². The molecule has 0 bridgehead atoms. The number of anilines is 1. The molecule has 0 radical (unpaired) electrons. The molecule has 128 valence electrons. The van der Waals surface area contributed by atoms with Gasteiger partial charge in [0, 0.05) is 49.5 Å². The van der Waals surface area contributed by atoms with Gasteiger partial charge in [-0.2, -0.15) is 0 Å². The zero-order chi connectivity index (χ0) is 17.4. The maximum absolute atomic E-state index is 12.5. The fourth-order valence-electron chi connectivity index (χ4n) is 3.07. The third-order valence-electron chi connectivity index (χ3n) is 4.44. The van der Waals surface area contributed by atoms with E-state index in [0.29, 0.717) is 17.1 Å². The molecule has 1 aliphatic heterocycles. The molecule has 0 saturated carbocycles. The number of carbonyl (C=O) groups is 1. The zero-order valence-corrected chi connectivity index (χ0v) is 14.8. The van der Waals surface area contributed by atoms with E-state index in [4.69, 9.17) is 10.7 Å². The number of nitrogens with zero attached hydrogens (tertiary/aromatic N) is 3. The number of nitrogens with one attached hydrogen (secondary N) is 1. The van der Waals surface area contributed by atoms with Gasteiger partial charge in [0.05, 0.1) is 5.69 Å². The predicted molar refractivity (Wildman–Crippen MR) is 99.5 cm³/mol. The number of hydrogen-bond donors (Lipinski definition) is 2.